The van der Waals surface area contributed by atoms with Gasteiger partial charge in [-0.25, -0.2) is 4.79 Å². The number of hydrogen-bond acceptors (Lipinski definition) is 4. The van der Waals surface area contributed by atoms with Crippen molar-refractivity contribution < 1.29 is 9.53 Å². The molecule has 3 aromatic rings. The third kappa shape index (κ3) is 3.86. The summed E-state index contributed by atoms with van der Waals surface area (Å²) in [6.45, 7) is 0. The fourth-order valence-electron chi connectivity index (χ4n) is 2.15. The van der Waals surface area contributed by atoms with E-state index in [1.165, 1.54) is 0 Å². The Morgan fingerprint density at radius 1 is 0.875 bits per heavy atom. The number of anilines is 2. The summed E-state index contributed by atoms with van der Waals surface area (Å²) in [5.41, 5.74) is 2.94. The Labute approximate surface area is 139 Å². The Bertz CT molecular complexity index is 820. The number of amides is 2. The van der Waals surface area contributed by atoms with Crippen molar-refractivity contribution in [2.24, 2.45) is 0 Å². The molecule has 6 nitrogen and oxygen atoms in total. The Balaban J connectivity index is 1.71. The predicted octanol–water partition coefficient (Wildman–Crippen LogP) is 3.80. The lowest BCUT2D eigenvalue weighted by molar-refractivity contribution is 0.262. The molecular weight excluding hydrogens is 304 g/mol. The molecule has 24 heavy (non-hydrogen) atoms. The molecule has 0 saturated heterocycles. The van der Waals surface area contributed by atoms with Gasteiger partial charge in [0.1, 0.15) is 0 Å². The molecule has 120 valence electrons. The number of rotatable bonds is 4. The van der Waals surface area contributed by atoms with Gasteiger partial charge in [0.25, 0.3) is 0 Å². The van der Waals surface area contributed by atoms with Gasteiger partial charge in [-0.1, -0.05) is 30.3 Å². The smallest absolute Gasteiger partial charge is 0.323 e. The normalized spacial score (nSPS) is 10.0. The van der Waals surface area contributed by atoms with Crippen LogP contribution in [0.1, 0.15) is 0 Å². The van der Waals surface area contributed by atoms with Crippen molar-refractivity contribution >= 4 is 17.4 Å². The van der Waals surface area contributed by atoms with E-state index in [1.54, 1.807) is 13.2 Å². The van der Waals surface area contributed by atoms with Crippen molar-refractivity contribution in [3.8, 4) is 17.1 Å². The van der Waals surface area contributed by atoms with Crippen LogP contribution in [-0.2, 0) is 0 Å². The molecular formula is C18H16N4O2. The van der Waals surface area contributed by atoms with Crippen LogP contribution >= 0.6 is 0 Å². The first kappa shape index (κ1) is 15.5. The van der Waals surface area contributed by atoms with E-state index in [-0.39, 0.29) is 6.03 Å². The lowest BCUT2D eigenvalue weighted by Gasteiger charge is -2.09. The lowest BCUT2D eigenvalue weighted by Crippen LogP contribution is -2.19. The molecule has 1 heterocycles. The minimum Gasteiger partial charge on any atom is -0.480 e. The highest BCUT2D eigenvalue weighted by atomic mass is 16.5. The molecule has 0 aliphatic rings. The highest BCUT2D eigenvalue weighted by Crippen LogP contribution is 2.21. The molecule has 0 bridgehead atoms. The van der Waals surface area contributed by atoms with Gasteiger partial charge in [-0.05, 0) is 30.3 Å². The maximum absolute atomic E-state index is 12.0. The molecule has 0 saturated carbocycles. The fourth-order valence-corrected chi connectivity index (χ4v) is 2.15. The number of hydrogen-bond donors (Lipinski definition) is 2. The van der Waals surface area contributed by atoms with Crippen LogP contribution < -0.4 is 15.4 Å². The monoisotopic (exact) mass is 320 g/mol. The zero-order valence-electron chi connectivity index (χ0n) is 13.1. The van der Waals surface area contributed by atoms with Crippen molar-refractivity contribution in [1.82, 2.24) is 10.2 Å². The number of ether oxygens (including phenoxy) is 1. The largest absolute Gasteiger partial charge is 0.480 e. The second kappa shape index (κ2) is 7.23. The number of urea groups is 1. The molecule has 0 unspecified atom stereocenters. The number of methoxy groups -OCH3 is 1. The topological polar surface area (TPSA) is 76.1 Å². The third-order valence-electron chi connectivity index (χ3n) is 3.30. The van der Waals surface area contributed by atoms with Crippen LogP contribution in [0.3, 0.4) is 0 Å². The van der Waals surface area contributed by atoms with Crippen LogP contribution in [-0.4, -0.2) is 23.3 Å². The van der Waals surface area contributed by atoms with Gasteiger partial charge in [0.15, 0.2) is 0 Å². The maximum atomic E-state index is 12.0. The van der Waals surface area contributed by atoms with Crippen LogP contribution in [0.15, 0.2) is 66.7 Å². The second-order valence-corrected chi connectivity index (χ2v) is 4.99. The quantitative estimate of drug-likeness (QED) is 0.766. The van der Waals surface area contributed by atoms with Gasteiger partial charge >= 0.3 is 6.03 Å². The van der Waals surface area contributed by atoms with Crippen LogP contribution in [0.25, 0.3) is 11.3 Å². The van der Waals surface area contributed by atoms with E-state index in [9.17, 15) is 4.79 Å². The maximum Gasteiger partial charge on any atom is 0.323 e. The number of benzene rings is 2. The van der Waals surface area contributed by atoms with Crippen LogP contribution in [0.4, 0.5) is 16.2 Å². The summed E-state index contributed by atoms with van der Waals surface area (Å²) in [6.07, 6.45) is 0. The van der Waals surface area contributed by atoms with E-state index >= 15 is 0 Å². The summed E-state index contributed by atoms with van der Waals surface area (Å²) in [7, 11) is 1.54. The van der Waals surface area contributed by atoms with E-state index in [2.05, 4.69) is 20.8 Å². The first-order valence-electron chi connectivity index (χ1n) is 7.36. The molecule has 6 heteroatoms. The zero-order valence-corrected chi connectivity index (χ0v) is 13.1. The average molecular weight is 320 g/mol. The first-order chi connectivity index (χ1) is 11.7. The van der Waals surface area contributed by atoms with Crippen molar-refractivity contribution in [1.29, 1.82) is 0 Å². The Hall–Kier alpha value is -3.41. The second-order valence-electron chi connectivity index (χ2n) is 4.99. The summed E-state index contributed by atoms with van der Waals surface area (Å²) in [5.74, 6) is 0.454. The average Bonchev–Trinajstić information content (AvgIpc) is 2.63. The molecule has 0 fully saturated rings. The number of carbonyl (C=O) groups is 1. The summed E-state index contributed by atoms with van der Waals surface area (Å²) in [6, 6.07) is 19.9. The van der Waals surface area contributed by atoms with Gasteiger partial charge < -0.3 is 15.4 Å². The molecule has 0 radical (unpaired) electrons. The molecule has 2 aromatic carbocycles. The van der Waals surface area contributed by atoms with Crippen LogP contribution in [0, 0.1) is 0 Å². The fraction of sp³-hybridized carbons (Fsp3) is 0.0556. The summed E-state index contributed by atoms with van der Waals surface area (Å²) < 4.78 is 5.00. The lowest BCUT2D eigenvalue weighted by atomic mass is 10.1. The van der Waals surface area contributed by atoms with Gasteiger partial charge in [0.2, 0.25) is 5.88 Å². The number of nitrogens with one attached hydrogen (secondary N) is 2. The molecule has 1 aromatic heterocycles. The van der Waals surface area contributed by atoms with Crippen LogP contribution in [0.5, 0.6) is 5.88 Å². The molecule has 3 rings (SSSR count). The Morgan fingerprint density at radius 2 is 1.62 bits per heavy atom. The number of aromatic nitrogens is 2. The molecule has 0 atom stereocenters. The molecule has 0 spiro atoms. The minimum absolute atomic E-state index is 0.306. The van der Waals surface area contributed by atoms with Crippen molar-refractivity contribution in [3.63, 3.8) is 0 Å². The van der Waals surface area contributed by atoms with Gasteiger partial charge in [0.05, 0.1) is 12.8 Å². The highest BCUT2D eigenvalue weighted by molar-refractivity contribution is 6.00. The van der Waals surface area contributed by atoms with Gasteiger partial charge in [-0.15, -0.1) is 10.2 Å². The van der Waals surface area contributed by atoms with Crippen LogP contribution in [0.2, 0.25) is 0 Å². The molecule has 0 aliphatic heterocycles. The van der Waals surface area contributed by atoms with Crippen molar-refractivity contribution in [3.05, 3.63) is 66.7 Å². The Morgan fingerprint density at radius 3 is 2.33 bits per heavy atom. The molecule has 2 N–H and O–H groups in total. The van der Waals surface area contributed by atoms with E-state index in [4.69, 9.17) is 4.74 Å². The van der Waals surface area contributed by atoms with E-state index in [1.807, 2.05) is 60.7 Å². The third-order valence-corrected chi connectivity index (χ3v) is 3.30. The van der Waals surface area contributed by atoms with Gasteiger partial charge in [0, 0.05) is 23.0 Å². The van der Waals surface area contributed by atoms with E-state index in [0.29, 0.717) is 17.3 Å². The summed E-state index contributed by atoms with van der Waals surface area (Å²) >= 11 is 0. The zero-order chi connectivity index (χ0) is 16.8. The summed E-state index contributed by atoms with van der Waals surface area (Å²) in [4.78, 5) is 12.0. The predicted molar refractivity (Wildman–Crippen MR) is 93.1 cm³/mol. The van der Waals surface area contributed by atoms with Crippen molar-refractivity contribution in [2.45, 2.75) is 0 Å². The standard InChI is InChI=1S/C18H16N4O2/c1-24-17-11-10-16(21-22-17)13-6-5-9-15(12-13)20-18(23)19-14-7-3-2-4-8-14/h2-12H,1H3,(H2,19,20,23). The molecule has 0 aliphatic carbocycles. The highest BCUT2D eigenvalue weighted by Gasteiger charge is 2.05. The number of carbonyl (C=O) groups excluding carboxylic acids is 1. The van der Waals surface area contributed by atoms with Gasteiger partial charge in [-0.2, -0.15) is 0 Å². The van der Waals surface area contributed by atoms with Crippen molar-refractivity contribution in [2.75, 3.05) is 17.7 Å². The van der Waals surface area contributed by atoms with E-state index < -0.39 is 0 Å². The first-order valence-corrected chi connectivity index (χ1v) is 7.36. The minimum atomic E-state index is -0.306. The summed E-state index contributed by atoms with van der Waals surface area (Å²) in [5, 5.41) is 13.6. The Kier molecular flexibility index (Phi) is 4.67. The number of nitrogens with zero attached hydrogens (tertiary/aromatic N) is 2. The molecule has 2 amide bonds. The van der Waals surface area contributed by atoms with Gasteiger partial charge in [-0.3, -0.25) is 0 Å². The van der Waals surface area contributed by atoms with E-state index in [0.717, 1.165) is 11.3 Å². The number of para-hydroxylation sites is 1. The SMILES string of the molecule is COc1ccc(-c2cccc(NC(=O)Nc3ccccc3)c2)nn1.